The zero-order valence-electron chi connectivity index (χ0n) is 9.31. The lowest BCUT2D eigenvalue weighted by atomic mass is 10.1. The molecule has 0 fully saturated rings. The predicted octanol–water partition coefficient (Wildman–Crippen LogP) is 2.99. The lowest BCUT2D eigenvalue weighted by Gasteiger charge is -2.18. The number of carbonyl (C=O) groups is 1. The summed E-state index contributed by atoms with van der Waals surface area (Å²) in [6, 6.07) is 7.33. The summed E-state index contributed by atoms with van der Waals surface area (Å²) in [7, 11) is 0. The number of halogens is 3. The average Bonchev–Trinajstić information content (AvgIpc) is 2.33. The van der Waals surface area contributed by atoms with Gasteiger partial charge in [0.05, 0.1) is 0 Å². The highest BCUT2D eigenvalue weighted by atomic mass is 19.4. The Kier molecular flexibility index (Phi) is 4.91. The third-order valence-electron chi connectivity index (χ3n) is 1.91. The van der Waals surface area contributed by atoms with Crippen LogP contribution in [0.5, 0.6) is 0 Å². The number of carbonyl (C=O) groups excluding carboxylic acids is 1. The van der Waals surface area contributed by atoms with Crippen LogP contribution in [0.4, 0.5) is 13.2 Å². The summed E-state index contributed by atoms with van der Waals surface area (Å²) in [5.41, 5.74) is 0.0730. The highest BCUT2D eigenvalue weighted by Crippen LogP contribution is 2.28. The molecule has 0 saturated carbocycles. The second kappa shape index (κ2) is 6.20. The Bertz CT molecular complexity index is 401. The minimum atomic E-state index is -4.92. The van der Waals surface area contributed by atoms with Gasteiger partial charge in [0.25, 0.3) is 0 Å². The molecule has 0 aliphatic rings. The van der Waals surface area contributed by atoms with Gasteiger partial charge >= 0.3 is 12.3 Å². The smallest absolute Gasteiger partial charge is 0.459 e. The number of benzene rings is 1. The molecule has 6 heteroatoms. The molecule has 0 amide bonds. The molecule has 0 heterocycles. The van der Waals surface area contributed by atoms with Crippen LogP contribution in [-0.4, -0.2) is 18.9 Å². The standard InChI is InChI=1S/C12H11F3O3/c1-2-8-17-11(16)10(18-12(13,14)15)9-6-4-3-5-7-9/h2-7,10H,1,8H2. The van der Waals surface area contributed by atoms with Crippen LogP contribution in [0.15, 0.2) is 43.0 Å². The van der Waals surface area contributed by atoms with E-state index in [1.807, 2.05) is 0 Å². The van der Waals surface area contributed by atoms with Crippen molar-refractivity contribution in [2.24, 2.45) is 0 Å². The van der Waals surface area contributed by atoms with Gasteiger partial charge in [-0.2, -0.15) is 0 Å². The molecule has 1 unspecified atom stereocenters. The maximum Gasteiger partial charge on any atom is 0.523 e. The first-order valence-electron chi connectivity index (χ1n) is 5.01. The molecule has 0 radical (unpaired) electrons. The van der Waals surface area contributed by atoms with E-state index in [0.717, 1.165) is 0 Å². The van der Waals surface area contributed by atoms with Gasteiger partial charge < -0.3 is 4.74 Å². The Labute approximate surface area is 102 Å². The molecule has 0 spiro atoms. The molecular formula is C12H11F3O3. The maximum absolute atomic E-state index is 12.2. The number of hydrogen-bond donors (Lipinski definition) is 0. The molecule has 1 aromatic carbocycles. The van der Waals surface area contributed by atoms with Crippen molar-refractivity contribution in [3.05, 3.63) is 48.6 Å². The molecule has 0 aliphatic carbocycles. The van der Waals surface area contributed by atoms with Crippen molar-refractivity contribution in [3.8, 4) is 0 Å². The first-order valence-corrected chi connectivity index (χ1v) is 5.01. The first kappa shape index (κ1) is 14.2. The quantitative estimate of drug-likeness (QED) is 0.603. The van der Waals surface area contributed by atoms with Gasteiger partial charge in [-0.1, -0.05) is 43.0 Å². The molecule has 0 bridgehead atoms. The van der Waals surface area contributed by atoms with Gasteiger partial charge in [0.15, 0.2) is 6.10 Å². The van der Waals surface area contributed by atoms with E-state index in [1.54, 1.807) is 6.07 Å². The average molecular weight is 260 g/mol. The molecule has 1 atom stereocenters. The molecule has 0 aromatic heterocycles. The summed E-state index contributed by atoms with van der Waals surface area (Å²) in [5.74, 6) is -1.11. The fourth-order valence-corrected chi connectivity index (χ4v) is 1.23. The Hall–Kier alpha value is -1.82. The summed E-state index contributed by atoms with van der Waals surface area (Å²) >= 11 is 0. The molecule has 0 saturated heterocycles. The van der Waals surface area contributed by atoms with Gasteiger partial charge in [0.2, 0.25) is 0 Å². The summed E-state index contributed by atoms with van der Waals surface area (Å²) in [4.78, 5) is 11.5. The first-order chi connectivity index (χ1) is 8.44. The van der Waals surface area contributed by atoms with Crippen molar-refractivity contribution in [2.45, 2.75) is 12.5 Å². The minimum absolute atomic E-state index is 0.0730. The molecule has 98 valence electrons. The molecule has 0 aliphatic heterocycles. The van der Waals surface area contributed by atoms with Crippen LogP contribution in [0.1, 0.15) is 11.7 Å². The lowest BCUT2D eigenvalue weighted by molar-refractivity contribution is -0.342. The zero-order chi connectivity index (χ0) is 13.6. The van der Waals surface area contributed by atoms with E-state index in [0.29, 0.717) is 0 Å². The van der Waals surface area contributed by atoms with Gasteiger partial charge in [-0.3, -0.25) is 4.74 Å². The fourth-order valence-electron chi connectivity index (χ4n) is 1.23. The Balaban J connectivity index is 2.88. The van der Waals surface area contributed by atoms with Crippen molar-refractivity contribution in [1.29, 1.82) is 0 Å². The molecular weight excluding hydrogens is 249 g/mol. The lowest BCUT2D eigenvalue weighted by Crippen LogP contribution is -2.26. The summed E-state index contributed by atoms with van der Waals surface area (Å²) in [5, 5.41) is 0. The van der Waals surface area contributed by atoms with Crippen LogP contribution < -0.4 is 0 Å². The number of rotatable bonds is 5. The van der Waals surface area contributed by atoms with Gasteiger partial charge in [0, 0.05) is 0 Å². The molecule has 0 N–H and O–H groups in total. The van der Waals surface area contributed by atoms with Gasteiger partial charge in [-0.25, -0.2) is 4.79 Å². The minimum Gasteiger partial charge on any atom is -0.459 e. The third kappa shape index (κ3) is 4.58. The fraction of sp³-hybridized carbons (Fsp3) is 0.250. The second-order valence-electron chi connectivity index (χ2n) is 3.27. The van der Waals surface area contributed by atoms with Crippen molar-refractivity contribution in [1.82, 2.24) is 0 Å². The van der Waals surface area contributed by atoms with Crippen LogP contribution in [-0.2, 0) is 14.3 Å². The van der Waals surface area contributed by atoms with Crippen LogP contribution in [0.2, 0.25) is 0 Å². The van der Waals surface area contributed by atoms with Gasteiger partial charge in [-0.05, 0) is 5.56 Å². The summed E-state index contributed by atoms with van der Waals surface area (Å²) in [6.07, 6.45) is -5.49. The summed E-state index contributed by atoms with van der Waals surface area (Å²) in [6.45, 7) is 3.12. The second-order valence-corrected chi connectivity index (χ2v) is 3.27. The Morgan fingerprint density at radius 1 is 1.33 bits per heavy atom. The maximum atomic E-state index is 12.2. The topological polar surface area (TPSA) is 35.5 Å². The molecule has 1 rings (SSSR count). The van der Waals surface area contributed by atoms with E-state index in [1.165, 1.54) is 30.3 Å². The van der Waals surface area contributed by atoms with Gasteiger partial charge in [0.1, 0.15) is 6.61 Å². The predicted molar refractivity (Wildman–Crippen MR) is 57.5 cm³/mol. The molecule has 3 nitrogen and oxygen atoms in total. The number of esters is 1. The number of ether oxygens (including phenoxy) is 2. The van der Waals surface area contributed by atoms with E-state index in [9.17, 15) is 18.0 Å². The largest absolute Gasteiger partial charge is 0.523 e. The molecule has 1 aromatic rings. The SMILES string of the molecule is C=CCOC(=O)C(OC(F)(F)F)c1ccccc1. The van der Waals surface area contributed by atoms with Crippen LogP contribution in [0.25, 0.3) is 0 Å². The van der Waals surface area contributed by atoms with E-state index < -0.39 is 18.4 Å². The van der Waals surface area contributed by atoms with Crippen molar-refractivity contribution < 1.29 is 27.4 Å². The number of hydrogen-bond acceptors (Lipinski definition) is 3. The van der Waals surface area contributed by atoms with Crippen LogP contribution >= 0.6 is 0 Å². The zero-order valence-corrected chi connectivity index (χ0v) is 9.31. The number of alkyl halides is 3. The highest BCUT2D eigenvalue weighted by Gasteiger charge is 2.38. The van der Waals surface area contributed by atoms with E-state index in [2.05, 4.69) is 16.1 Å². The van der Waals surface area contributed by atoms with Crippen LogP contribution in [0.3, 0.4) is 0 Å². The third-order valence-corrected chi connectivity index (χ3v) is 1.91. The van der Waals surface area contributed by atoms with E-state index in [-0.39, 0.29) is 12.2 Å². The van der Waals surface area contributed by atoms with Crippen molar-refractivity contribution in [3.63, 3.8) is 0 Å². The Morgan fingerprint density at radius 2 is 1.94 bits per heavy atom. The monoisotopic (exact) mass is 260 g/mol. The summed E-state index contributed by atoms with van der Waals surface area (Å²) < 4.78 is 45.0. The van der Waals surface area contributed by atoms with Crippen molar-refractivity contribution >= 4 is 5.97 Å². The van der Waals surface area contributed by atoms with Gasteiger partial charge in [-0.15, -0.1) is 13.2 Å². The van der Waals surface area contributed by atoms with E-state index >= 15 is 0 Å². The molecule has 18 heavy (non-hydrogen) atoms. The highest BCUT2D eigenvalue weighted by molar-refractivity contribution is 5.76. The van der Waals surface area contributed by atoms with E-state index in [4.69, 9.17) is 0 Å². The normalized spacial score (nSPS) is 12.8. The Morgan fingerprint density at radius 3 is 2.44 bits per heavy atom. The van der Waals surface area contributed by atoms with Crippen molar-refractivity contribution in [2.75, 3.05) is 6.61 Å². The van der Waals surface area contributed by atoms with Crippen LogP contribution in [0, 0.1) is 0 Å².